The predicted octanol–water partition coefficient (Wildman–Crippen LogP) is 0.114. The lowest BCUT2D eigenvalue weighted by Crippen LogP contribution is -2.28. The fourth-order valence-electron chi connectivity index (χ4n) is 1.53. The van der Waals surface area contributed by atoms with Crippen LogP contribution in [-0.4, -0.2) is 27.8 Å². The van der Waals surface area contributed by atoms with Crippen molar-refractivity contribution in [2.24, 2.45) is 7.05 Å². The summed E-state index contributed by atoms with van der Waals surface area (Å²) in [4.78, 5) is 27.1. The molecule has 0 aliphatic rings. The minimum Gasteiger partial charge on any atom is -0.481 e. The highest BCUT2D eigenvalue weighted by Gasteiger charge is 2.08. The number of carbonyl (C=O) groups is 1. The molecule has 0 aliphatic heterocycles. The first kappa shape index (κ1) is 13.7. The van der Waals surface area contributed by atoms with Gasteiger partial charge in [0.05, 0.1) is 7.11 Å². The van der Waals surface area contributed by atoms with E-state index in [1.807, 2.05) is 0 Å². The van der Waals surface area contributed by atoms with Crippen LogP contribution in [0.5, 0.6) is 5.88 Å². The van der Waals surface area contributed by atoms with E-state index in [1.165, 1.54) is 26.3 Å². The molecule has 7 heteroatoms. The lowest BCUT2D eigenvalue weighted by Gasteiger charge is -2.06. The van der Waals surface area contributed by atoms with Crippen molar-refractivity contribution < 1.29 is 9.53 Å². The van der Waals surface area contributed by atoms with Gasteiger partial charge in [0.15, 0.2) is 0 Å². The van der Waals surface area contributed by atoms with Crippen LogP contribution in [0.3, 0.4) is 0 Å². The minimum absolute atomic E-state index is 0.188. The van der Waals surface area contributed by atoms with Crippen molar-refractivity contribution in [3.05, 3.63) is 52.1 Å². The molecule has 0 fully saturated rings. The molecule has 0 unspecified atom stereocenters. The molecular formula is C13H14N4O3. The number of methoxy groups -OCH3 is 1. The molecule has 0 bridgehead atoms. The summed E-state index contributed by atoms with van der Waals surface area (Å²) < 4.78 is 6.06. The predicted molar refractivity (Wildman–Crippen MR) is 71.4 cm³/mol. The topological polar surface area (TPSA) is 86.1 Å². The summed E-state index contributed by atoms with van der Waals surface area (Å²) in [5, 5.41) is 6.57. The number of pyridine rings is 1. The third-order valence-electron chi connectivity index (χ3n) is 2.65. The van der Waals surface area contributed by atoms with E-state index in [2.05, 4.69) is 15.4 Å². The average Bonchev–Trinajstić information content (AvgIpc) is 2.48. The van der Waals surface area contributed by atoms with E-state index >= 15 is 0 Å². The Hall–Kier alpha value is -2.70. The van der Waals surface area contributed by atoms with Gasteiger partial charge in [-0.15, -0.1) is 0 Å². The normalized spacial score (nSPS) is 10.1. The summed E-state index contributed by atoms with van der Waals surface area (Å²) in [5.74, 6) is 0.163. The lowest BCUT2D eigenvalue weighted by atomic mass is 10.2. The molecule has 0 saturated carbocycles. The number of aromatic nitrogens is 3. The van der Waals surface area contributed by atoms with E-state index in [9.17, 15) is 9.59 Å². The highest BCUT2D eigenvalue weighted by molar-refractivity contribution is 5.91. The van der Waals surface area contributed by atoms with Crippen molar-refractivity contribution in [2.75, 3.05) is 7.11 Å². The summed E-state index contributed by atoms with van der Waals surface area (Å²) >= 11 is 0. The van der Waals surface area contributed by atoms with Crippen LogP contribution in [0.25, 0.3) is 0 Å². The van der Waals surface area contributed by atoms with Crippen LogP contribution in [0.2, 0.25) is 0 Å². The Morgan fingerprint density at radius 3 is 2.75 bits per heavy atom. The maximum Gasteiger partial charge on any atom is 0.271 e. The number of carbonyl (C=O) groups excluding carboxylic acids is 1. The molecule has 20 heavy (non-hydrogen) atoms. The van der Waals surface area contributed by atoms with Crippen molar-refractivity contribution in [1.82, 2.24) is 20.1 Å². The highest BCUT2D eigenvalue weighted by Crippen LogP contribution is 2.06. The van der Waals surface area contributed by atoms with Gasteiger partial charge in [0.1, 0.15) is 5.69 Å². The maximum absolute atomic E-state index is 11.9. The van der Waals surface area contributed by atoms with E-state index in [1.54, 1.807) is 18.3 Å². The van der Waals surface area contributed by atoms with Crippen LogP contribution in [0.1, 0.15) is 16.1 Å². The fraction of sp³-hybridized carbons (Fsp3) is 0.231. The zero-order valence-corrected chi connectivity index (χ0v) is 11.2. The minimum atomic E-state index is -0.351. The van der Waals surface area contributed by atoms with E-state index in [0.717, 1.165) is 10.2 Å². The van der Waals surface area contributed by atoms with Crippen molar-refractivity contribution in [3.63, 3.8) is 0 Å². The van der Waals surface area contributed by atoms with Crippen LogP contribution in [0.4, 0.5) is 0 Å². The van der Waals surface area contributed by atoms with E-state index in [0.29, 0.717) is 12.4 Å². The van der Waals surface area contributed by atoms with Gasteiger partial charge in [-0.3, -0.25) is 9.59 Å². The Balaban J connectivity index is 2.00. The van der Waals surface area contributed by atoms with Crippen LogP contribution < -0.4 is 15.6 Å². The fourth-order valence-corrected chi connectivity index (χ4v) is 1.53. The third kappa shape index (κ3) is 3.19. The Morgan fingerprint density at radius 1 is 1.35 bits per heavy atom. The molecule has 0 spiro atoms. The van der Waals surface area contributed by atoms with Crippen molar-refractivity contribution in [3.8, 4) is 5.88 Å². The SMILES string of the molecule is COc1ccc(CNC(=O)c2ccc(=O)n(C)n2)cn1. The molecule has 0 saturated heterocycles. The first-order valence-electron chi connectivity index (χ1n) is 5.91. The number of hydrogen-bond donors (Lipinski definition) is 1. The van der Waals surface area contributed by atoms with Crippen molar-refractivity contribution in [2.45, 2.75) is 6.54 Å². The summed E-state index contributed by atoms with van der Waals surface area (Å²) in [7, 11) is 3.03. The number of rotatable bonds is 4. The lowest BCUT2D eigenvalue weighted by molar-refractivity contribution is 0.0943. The first-order valence-corrected chi connectivity index (χ1v) is 5.91. The highest BCUT2D eigenvalue weighted by atomic mass is 16.5. The van der Waals surface area contributed by atoms with Gasteiger partial charge < -0.3 is 10.1 Å². The molecule has 1 N–H and O–H groups in total. The number of nitrogens with zero attached hydrogens (tertiary/aromatic N) is 3. The van der Waals surface area contributed by atoms with Gasteiger partial charge in [0, 0.05) is 31.9 Å². The molecule has 1 amide bonds. The van der Waals surface area contributed by atoms with Gasteiger partial charge in [0.25, 0.3) is 11.5 Å². The number of nitrogens with one attached hydrogen (secondary N) is 1. The molecule has 0 aromatic carbocycles. The number of ether oxygens (including phenoxy) is 1. The second-order valence-corrected chi connectivity index (χ2v) is 4.07. The van der Waals surface area contributed by atoms with Crippen molar-refractivity contribution >= 4 is 5.91 Å². The second kappa shape index (κ2) is 5.96. The molecule has 7 nitrogen and oxygen atoms in total. The Labute approximate surface area is 115 Å². The van der Waals surface area contributed by atoms with Gasteiger partial charge in [0.2, 0.25) is 5.88 Å². The Bertz CT molecular complexity index is 664. The Morgan fingerprint density at radius 2 is 2.15 bits per heavy atom. The van der Waals surface area contributed by atoms with E-state index in [-0.39, 0.29) is 17.2 Å². The number of hydrogen-bond acceptors (Lipinski definition) is 5. The van der Waals surface area contributed by atoms with E-state index in [4.69, 9.17) is 4.74 Å². The molecule has 2 rings (SSSR count). The first-order chi connectivity index (χ1) is 9.60. The van der Waals surface area contributed by atoms with Crippen LogP contribution in [0.15, 0.2) is 35.3 Å². The summed E-state index contributed by atoms with van der Waals surface area (Å²) in [5.41, 5.74) is 0.762. The average molecular weight is 274 g/mol. The number of amides is 1. The number of aryl methyl sites for hydroxylation is 1. The maximum atomic E-state index is 11.9. The Kier molecular flexibility index (Phi) is 4.09. The van der Waals surface area contributed by atoms with Gasteiger partial charge in [-0.2, -0.15) is 5.10 Å². The molecule has 2 heterocycles. The molecule has 0 aliphatic carbocycles. The van der Waals surface area contributed by atoms with Gasteiger partial charge >= 0.3 is 0 Å². The molecule has 2 aromatic rings. The second-order valence-electron chi connectivity index (χ2n) is 4.07. The van der Waals surface area contributed by atoms with Gasteiger partial charge in [-0.1, -0.05) is 6.07 Å². The summed E-state index contributed by atoms with van der Waals surface area (Å²) in [6.07, 6.45) is 1.62. The smallest absolute Gasteiger partial charge is 0.271 e. The molecule has 2 aromatic heterocycles. The summed E-state index contributed by atoms with van der Waals surface area (Å²) in [6, 6.07) is 6.22. The standard InChI is InChI=1S/C13H14N4O3/c1-17-12(18)6-4-10(16-17)13(19)15-8-9-3-5-11(20-2)14-7-9/h3-7H,8H2,1-2H3,(H,15,19). The van der Waals surface area contributed by atoms with Crippen LogP contribution >= 0.6 is 0 Å². The van der Waals surface area contributed by atoms with Crippen LogP contribution in [-0.2, 0) is 13.6 Å². The van der Waals surface area contributed by atoms with E-state index < -0.39 is 0 Å². The van der Waals surface area contributed by atoms with Crippen LogP contribution in [0, 0.1) is 0 Å². The molecule has 104 valence electrons. The zero-order chi connectivity index (χ0) is 14.5. The molecule has 0 radical (unpaired) electrons. The quantitative estimate of drug-likeness (QED) is 0.855. The van der Waals surface area contributed by atoms with Gasteiger partial charge in [-0.25, -0.2) is 9.67 Å². The van der Waals surface area contributed by atoms with Crippen molar-refractivity contribution in [1.29, 1.82) is 0 Å². The molecular weight excluding hydrogens is 260 g/mol. The molecule has 0 atom stereocenters. The van der Waals surface area contributed by atoms with Gasteiger partial charge in [-0.05, 0) is 11.6 Å². The zero-order valence-electron chi connectivity index (χ0n) is 11.2. The monoisotopic (exact) mass is 274 g/mol. The largest absolute Gasteiger partial charge is 0.481 e. The summed E-state index contributed by atoms with van der Waals surface area (Å²) in [6.45, 7) is 0.320. The third-order valence-corrected chi connectivity index (χ3v) is 2.65.